The smallest absolute Gasteiger partial charge is 0.259 e. The number of aliphatic hydroxyl groups is 1. The molecule has 0 fully saturated rings. The molecule has 3 aromatic rings. The van der Waals surface area contributed by atoms with Crippen LogP contribution >= 0.6 is 0 Å². The van der Waals surface area contributed by atoms with Gasteiger partial charge >= 0.3 is 0 Å². The van der Waals surface area contributed by atoms with Crippen LogP contribution in [0.4, 0.5) is 0 Å². The summed E-state index contributed by atoms with van der Waals surface area (Å²) in [6.45, 7) is 3.35. The number of aromatic nitrogens is 4. The minimum atomic E-state index is -0.782. The second-order valence-corrected chi connectivity index (χ2v) is 5.83. The first-order chi connectivity index (χ1) is 12.0. The lowest BCUT2D eigenvalue weighted by Crippen LogP contribution is -2.35. The van der Waals surface area contributed by atoms with Gasteiger partial charge in [-0.15, -0.1) is 0 Å². The molecule has 0 saturated carbocycles. The van der Waals surface area contributed by atoms with Crippen molar-refractivity contribution in [1.82, 2.24) is 25.1 Å². The summed E-state index contributed by atoms with van der Waals surface area (Å²) >= 11 is 0. The van der Waals surface area contributed by atoms with Crippen LogP contribution in [0.3, 0.4) is 0 Å². The Labute approximate surface area is 143 Å². The molecule has 0 radical (unpaired) electrons. The van der Waals surface area contributed by atoms with Gasteiger partial charge in [0, 0.05) is 11.6 Å². The Morgan fingerprint density at radius 2 is 2.08 bits per heavy atom. The van der Waals surface area contributed by atoms with Gasteiger partial charge in [-0.1, -0.05) is 18.2 Å². The number of amides is 1. The molecule has 0 aliphatic rings. The van der Waals surface area contributed by atoms with Crippen molar-refractivity contribution in [2.45, 2.75) is 32.5 Å². The highest BCUT2D eigenvalue weighted by Gasteiger charge is 2.17. The lowest BCUT2D eigenvalue weighted by Gasteiger charge is -2.15. The average Bonchev–Trinajstić information content (AvgIpc) is 3.09. The zero-order chi connectivity index (χ0) is 18.0. The fourth-order valence-electron chi connectivity index (χ4n) is 2.53. The molecule has 3 N–H and O–H groups in total. The Bertz CT molecular complexity index is 960. The average molecular weight is 341 g/mol. The van der Waals surface area contributed by atoms with Crippen LogP contribution in [0.15, 0.2) is 41.3 Å². The number of pyridine rings is 1. The standard InChI is InChI=1S/C17H19N5O3/c1-10(16(24)18-9-14-19-15(11(2)23)21-20-14)22-8-7-12-5-3-4-6-13(12)17(22)25/h3-8,10-11,23H,9H2,1-2H3,(H,18,24)(H,19,20,21)/t10?,11-/m0/s1. The third-order valence-corrected chi connectivity index (χ3v) is 3.99. The van der Waals surface area contributed by atoms with Gasteiger partial charge in [-0.2, -0.15) is 5.10 Å². The number of benzene rings is 1. The minimum Gasteiger partial charge on any atom is -0.385 e. The SMILES string of the molecule is CC(C(=O)NCc1nc([C@H](C)O)n[nH]1)n1ccc2ccccc2c1=O. The number of hydrogen-bond donors (Lipinski definition) is 3. The van der Waals surface area contributed by atoms with Crippen LogP contribution in [0.1, 0.15) is 37.6 Å². The van der Waals surface area contributed by atoms with Crippen molar-refractivity contribution >= 4 is 16.7 Å². The molecule has 130 valence electrons. The van der Waals surface area contributed by atoms with Crippen molar-refractivity contribution in [3.63, 3.8) is 0 Å². The summed E-state index contributed by atoms with van der Waals surface area (Å²) < 4.78 is 1.40. The van der Waals surface area contributed by atoms with Gasteiger partial charge in [-0.3, -0.25) is 14.7 Å². The fraction of sp³-hybridized carbons (Fsp3) is 0.294. The summed E-state index contributed by atoms with van der Waals surface area (Å²) in [4.78, 5) is 29.0. The van der Waals surface area contributed by atoms with Crippen LogP contribution in [0.2, 0.25) is 0 Å². The van der Waals surface area contributed by atoms with Crippen molar-refractivity contribution in [3.8, 4) is 0 Å². The van der Waals surface area contributed by atoms with Crippen molar-refractivity contribution in [2.24, 2.45) is 0 Å². The molecule has 8 nitrogen and oxygen atoms in total. The summed E-state index contributed by atoms with van der Waals surface area (Å²) in [6, 6.07) is 8.40. The van der Waals surface area contributed by atoms with E-state index in [-0.39, 0.29) is 23.8 Å². The first-order valence-corrected chi connectivity index (χ1v) is 7.94. The molecule has 25 heavy (non-hydrogen) atoms. The van der Waals surface area contributed by atoms with Crippen LogP contribution in [-0.2, 0) is 11.3 Å². The van der Waals surface area contributed by atoms with Crippen LogP contribution < -0.4 is 10.9 Å². The van der Waals surface area contributed by atoms with Gasteiger partial charge in [0.1, 0.15) is 18.0 Å². The fourth-order valence-corrected chi connectivity index (χ4v) is 2.53. The molecule has 3 rings (SSSR count). The van der Waals surface area contributed by atoms with E-state index in [9.17, 15) is 14.7 Å². The van der Waals surface area contributed by atoms with Crippen LogP contribution in [0, 0.1) is 0 Å². The van der Waals surface area contributed by atoms with E-state index in [1.165, 1.54) is 4.57 Å². The van der Waals surface area contributed by atoms with E-state index in [0.29, 0.717) is 11.2 Å². The number of carbonyl (C=O) groups excluding carboxylic acids is 1. The number of fused-ring (bicyclic) bond motifs is 1. The molecule has 2 heterocycles. The number of rotatable bonds is 5. The Hall–Kier alpha value is -3.00. The molecule has 1 amide bonds. The van der Waals surface area contributed by atoms with Gasteiger partial charge in [0.2, 0.25) is 5.91 Å². The zero-order valence-electron chi connectivity index (χ0n) is 13.9. The maximum atomic E-state index is 12.6. The first-order valence-electron chi connectivity index (χ1n) is 7.94. The predicted octanol–water partition coefficient (Wildman–Crippen LogP) is 1.05. The Balaban J connectivity index is 1.74. The quantitative estimate of drug-likeness (QED) is 0.642. The lowest BCUT2D eigenvalue weighted by molar-refractivity contribution is -0.124. The number of nitrogens with one attached hydrogen (secondary N) is 2. The van der Waals surface area contributed by atoms with Gasteiger partial charge in [-0.25, -0.2) is 4.98 Å². The normalized spacial score (nSPS) is 13.6. The van der Waals surface area contributed by atoms with E-state index in [4.69, 9.17) is 0 Å². The van der Waals surface area contributed by atoms with Crippen molar-refractivity contribution in [1.29, 1.82) is 0 Å². The minimum absolute atomic E-state index is 0.130. The molecular formula is C17H19N5O3. The molecule has 0 spiro atoms. The summed E-state index contributed by atoms with van der Waals surface area (Å²) in [5, 5.41) is 20.0. The molecule has 0 bridgehead atoms. The van der Waals surface area contributed by atoms with Crippen LogP contribution in [0.5, 0.6) is 0 Å². The Kier molecular flexibility index (Phi) is 4.62. The Morgan fingerprint density at radius 3 is 2.80 bits per heavy atom. The highest BCUT2D eigenvalue weighted by atomic mass is 16.3. The molecule has 1 aromatic carbocycles. The molecular weight excluding hydrogens is 322 g/mol. The first kappa shape index (κ1) is 16.8. The van der Waals surface area contributed by atoms with Gasteiger partial charge in [0.25, 0.3) is 5.56 Å². The highest BCUT2D eigenvalue weighted by Crippen LogP contribution is 2.11. The van der Waals surface area contributed by atoms with E-state index in [1.54, 1.807) is 32.2 Å². The van der Waals surface area contributed by atoms with E-state index in [1.807, 2.05) is 18.2 Å². The molecule has 0 aliphatic carbocycles. The molecule has 8 heteroatoms. The molecule has 0 aliphatic heterocycles. The monoisotopic (exact) mass is 341 g/mol. The summed E-state index contributed by atoms with van der Waals surface area (Å²) in [5.41, 5.74) is -0.211. The number of H-pyrrole nitrogens is 1. The second kappa shape index (κ2) is 6.86. The topological polar surface area (TPSA) is 113 Å². The highest BCUT2D eigenvalue weighted by molar-refractivity contribution is 5.83. The third kappa shape index (κ3) is 3.43. The number of carbonyl (C=O) groups is 1. The maximum Gasteiger partial charge on any atom is 0.259 e. The largest absolute Gasteiger partial charge is 0.385 e. The summed E-state index contributed by atoms with van der Waals surface area (Å²) in [6.07, 6.45) is 0.838. The van der Waals surface area contributed by atoms with E-state index in [0.717, 1.165) is 5.39 Å². The second-order valence-electron chi connectivity index (χ2n) is 5.83. The summed E-state index contributed by atoms with van der Waals surface area (Å²) in [5.74, 6) is 0.387. The van der Waals surface area contributed by atoms with Gasteiger partial charge < -0.3 is 15.0 Å². The van der Waals surface area contributed by atoms with Gasteiger partial charge in [0.15, 0.2) is 5.82 Å². The number of aromatic amines is 1. The molecule has 0 saturated heterocycles. The number of hydrogen-bond acceptors (Lipinski definition) is 5. The van der Waals surface area contributed by atoms with E-state index < -0.39 is 12.1 Å². The lowest BCUT2D eigenvalue weighted by atomic mass is 10.1. The third-order valence-electron chi connectivity index (χ3n) is 3.99. The molecule has 2 atom stereocenters. The van der Waals surface area contributed by atoms with Crippen LogP contribution in [-0.4, -0.2) is 30.8 Å². The van der Waals surface area contributed by atoms with Gasteiger partial charge in [0.05, 0.1) is 6.54 Å². The van der Waals surface area contributed by atoms with E-state index >= 15 is 0 Å². The zero-order valence-corrected chi connectivity index (χ0v) is 13.9. The maximum absolute atomic E-state index is 12.6. The van der Waals surface area contributed by atoms with Crippen molar-refractivity contribution in [3.05, 3.63) is 58.5 Å². The molecule has 1 unspecified atom stereocenters. The molecule has 2 aromatic heterocycles. The van der Waals surface area contributed by atoms with E-state index in [2.05, 4.69) is 20.5 Å². The summed E-state index contributed by atoms with van der Waals surface area (Å²) in [7, 11) is 0. The van der Waals surface area contributed by atoms with Gasteiger partial charge in [-0.05, 0) is 31.4 Å². The van der Waals surface area contributed by atoms with Crippen molar-refractivity contribution in [2.75, 3.05) is 0 Å². The van der Waals surface area contributed by atoms with Crippen LogP contribution in [0.25, 0.3) is 10.8 Å². The Morgan fingerprint density at radius 1 is 1.32 bits per heavy atom. The predicted molar refractivity (Wildman–Crippen MR) is 91.8 cm³/mol. The number of aliphatic hydroxyl groups excluding tert-OH is 1. The number of nitrogens with zero attached hydrogens (tertiary/aromatic N) is 3. The van der Waals surface area contributed by atoms with Crippen molar-refractivity contribution < 1.29 is 9.90 Å².